The summed E-state index contributed by atoms with van der Waals surface area (Å²) < 4.78 is 40.5. The third-order valence-corrected chi connectivity index (χ3v) is 5.34. The number of aromatic nitrogens is 2. The lowest BCUT2D eigenvalue weighted by Crippen LogP contribution is -2.54. The predicted octanol–water partition coefficient (Wildman–Crippen LogP) is 4.46. The average Bonchev–Trinajstić information content (AvgIpc) is 2.99. The van der Waals surface area contributed by atoms with Crippen LogP contribution in [0, 0.1) is 0 Å². The first kappa shape index (κ1) is 19.7. The van der Waals surface area contributed by atoms with Crippen molar-refractivity contribution in [2.45, 2.75) is 51.4 Å². The Morgan fingerprint density at radius 2 is 1.74 bits per heavy atom. The molecular formula is C17H21F3N4O2S. The number of nitrogens with zero attached hydrogens (tertiary/aromatic N) is 4. The van der Waals surface area contributed by atoms with E-state index in [1.54, 1.807) is 15.7 Å². The van der Waals surface area contributed by atoms with E-state index in [0.29, 0.717) is 18.4 Å². The van der Waals surface area contributed by atoms with Gasteiger partial charge in [0.15, 0.2) is 11.5 Å². The fraction of sp³-hybridized carbons (Fsp3) is 0.588. The van der Waals surface area contributed by atoms with E-state index >= 15 is 0 Å². The zero-order valence-corrected chi connectivity index (χ0v) is 16.1. The van der Waals surface area contributed by atoms with Gasteiger partial charge in [0.1, 0.15) is 11.0 Å². The molecule has 0 saturated carbocycles. The molecule has 0 radical (unpaired) electrons. The normalized spacial score (nSPS) is 16.7. The number of thiophene rings is 1. The molecule has 1 amide bonds. The number of rotatable bonds is 2. The Morgan fingerprint density at radius 3 is 2.22 bits per heavy atom. The Labute approximate surface area is 158 Å². The fourth-order valence-electron chi connectivity index (χ4n) is 3.53. The average molecular weight is 402 g/mol. The number of halogens is 3. The van der Waals surface area contributed by atoms with Crippen molar-refractivity contribution in [3.63, 3.8) is 0 Å². The third kappa shape index (κ3) is 3.95. The van der Waals surface area contributed by atoms with Gasteiger partial charge < -0.3 is 14.9 Å². The lowest BCUT2D eigenvalue weighted by Gasteiger charge is -2.43. The van der Waals surface area contributed by atoms with Crippen LogP contribution in [0.5, 0.6) is 0 Å². The van der Waals surface area contributed by atoms with Crippen LogP contribution in [0.15, 0.2) is 10.8 Å². The molecule has 0 aromatic carbocycles. The Kier molecular flexibility index (Phi) is 4.96. The summed E-state index contributed by atoms with van der Waals surface area (Å²) in [7, 11) is 0. The molecule has 3 rings (SSSR count). The molecular weight excluding hydrogens is 381 g/mol. The summed E-state index contributed by atoms with van der Waals surface area (Å²) in [5, 5.41) is 12.7. The molecule has 0 unspecified atom stereocenters. The quantitative estimate of drug-likeness (QED) is 0.803. The molecule has 0 spiro atoms. The van der Waals surface area contributed by atoms with Crippen molar-refractivity contribution in [3.05, 3.63) is 16.5 Å². The standard InChI is InChI=1S/C17H21F3N4O2S/c1-16(2,3)24(15(25)26)10-4-6-23(7-5-10)14-13(17(18,19)20)21-11-8-27-9-12(11)22-14/h8-10H,4-7H2,1-3H3,(H,25,26). The highest BCUT2D eigenvalue weighted by molar-refractivity contribution is 7.09. The van der Waals surface area contributed by atoms with E-state index in [1.807, 2.05) is 20.8 Å². The van der Waals surface area contributed by atoms with E-state index in [-0.39, 0.29) is 30.5 Å². The topological polar surface area (TPSA) is 69.6 Å². The van der Waals surface area contributed by atoms with Crippen molar-refractivity contribution in [2.75, 3.05) is 18.0 Å². The maximum Gasteiger partial charge on any atom is 0.437 e. The largest absolute Gasteiger partial charge is 0.465 e. The molecule has 1 fully saturated rings. The fourth-order valence-corrected chi connectivity index (χ4v) is 4.20. The Bertz CT molecular complexity index is 839. The Morgan fingerprint density at radius 1 is 1.19 bits per heavy atom. The molecule has 27 heavy (non-hydrogen) atoms. The van der Waals surface area contributed by atoms with Crippen molar-refractivity contribution in [3.8, 4) is 0 Å². The van der Waals surface area contributed by atoms with E-state index in [4.69, 9.17) is 0 Å². The van der Waals surface area contributed by atoms with Gasteiger partial charge in [-0.1, -0.05) is 0 Å². The maximum absolute atomic E-state index is 13.5. The molecule has 0 bridgehead atoms. The number of carboxylic acid groups (broad SMARTS) is 1. The molecule has 1 N–H and O–H groups in total. The van der Waals surface area contributed by atoms with Crippen LogP contribution in [0.2, 0.25) is 0 Å². The highest BCUT2D eigenvalue weighted by atomic mass is 32.1. The van der Waals surface area contributed by atoms with Crippen LogP contribution >= 0.6 is 11.3 Å². The van der Waals surface area contributed by atoms with Gasteiger partial charge in [0, 0.05) is 35.4 Å². The van der Waals surface area contributed by atoms with Gasteiger partial charge in [0.25, 0.3) is 0 Å². The molecule has 1 aliphatic rings. The van der Waals surface area contributed by atoms with Crippen molar-refractivity contribution in [1.29, 1.82) is 0 Å². The highest BCUT2D eigenvalue weighted by Crippen LogP contribution is 2.37. The minimum atomic E-state index is -4.60. The van der Waals surface area contributed by atoms with Gasteiger partial charge in [-0.15, -0.1) is 11.3 Å². The van der Waals surface area contributed by atoms with Crippen molar-refractivity contribution in [2.24, 2.45) is 0 Å². The van der Waals surface area contributed by atoms with Gasteiger partial charge in [-0.05, 0) is 33.6 Å². The number of alkyl halides is 3. The molecule has 2 aromatic heterocycles. The summed E-state index contributed by atoms with van der Waals surface area (Å²) in [5.74, 6) is -0.176. The second kappa shape index (κ2) is 6.81. The summed E-state index contributed by atoms with van der Waals surface area (Å²) >= 11 is 1.25. The number of piperidine rings is 1. The summed E-state index contributed by atoms with van der Waals surface area (Å²) in [6.45, 7) is 6.01. The number of anilines is 1. The highest BCUT2D eigenvalue weighted by Gasteiger charge is 2.41. The second-order valence-electron chi connectivity index (χ2n) is 7.58. The lowest BCUT2D eigenvalue weighted by atomic mass is 9.97. The second-order valence-corrected chi connectivity index (χ2v) is 8.32. The summed E-state index contributed by atoms with van der Waals surface area (Å²) in [5.41, 5.74) is -0.897. The van der Waals surface area contributed by atoms with Crippen LogP contribution < -0.4 is 4.90 Å². The zero-order chi connectivity index (χ0) is 20.0. The van der Waals surface area contributed by atoms with Crippen LogP contribution in [0.25, 0.3) is 11.0 Å². The minimum Gasteiger partial charge on any atom is -0.465 e. The molecule has 10 heteroatoms. The molecule has 2 aromatic rings. The van der Waals surface area contributed by atoms with Crippen molar-refractivity contribution < 1.29 is 23.1 Å². The molecule has 3 heterocycles. The van der Waals surface area contributed by atoms with Crippen LogP contribution in [0.1, 0.15) is 39.3 Å². The zero-order valence-electron chi connectivity index (χ0n) is 15.2. The molecule has 1 aliphatic heterocycles. The monoisotopic (exact) mass is 402 g/mol. The first-order valence-corrected chi connectivity index (χ1v) is 9.51. The van der Waals surface area contributed by atoms with Gasteiger partial charge in [-0.3, -0.25) is 0 Å². The van der Waals surface area contributed by atoms with Crippen LogP contribution in [-0.2, 0) is 6.18 Å². The molecule has 0 atom stereocenters. The number of amides is 1. The van der Waals surface area contributed by atoms with E-state index in [9.17, 15) is 23.1 Å². The van der Waals surface area contributed by atoms with E-state index in [0.717, 1.165) is 0 Å². The number of carbonyl (C=O) groups is 1. The maximum atomic E-state index is 13.5. The van der Waals surface area contributed by atoms with Gasteiger partial charge in [0.2, 0.25) is 0 Å². The first-order chi connectivity index (χ1) is 12.5. The van der Waals surface area contributed by atoms with Crippen molar-refractivity contribution in [1.82, 2.24) is 14.9 Å². The molecule has 0 aliphatic carbocycles. The summed E-state index contributed by atoms with van der Waals surface area (Å²) in [6, 6.07) is -0.245. The number of hydrogen-bond donors (Lipinski definition) is 1. The van der Waals surface area contributed by atoms with Gasteiger partial charge in [0.05, 0.1) is 0 Å². The van der Waals surface area contributed by atoms with E-state index in [2.05, 4.69) is 9.97 Å². The number of hydrogen-bond acceptors (Lipinski definition) is 5. The summed E-state index contributed by atoms with van der Waals surface area (Å²) in [6.07, 6.45) is -4.75. The van der Waals surface area contributed by atoms with E-state index < -0.39 is 23.5 Å². The van der Waals surface area contributed by atoms with Crippen LogP contribution in [-0.4, -0.2) is 50.7 Å². The molecule has 1 saturated heterocycles. The predicted molar refractivity (Wildman–Crippen MR) is 97.3 cm³/mol. The van der Waals surface area contributed by atoms with Crippen molar-refractivity contribution >= 4 is 34.3 Å². The smallest absolute Gasteiger partial charge is 0.437 e. The number of fused-ring (bicyclic) bond motifs is 1. The van der Waals surface area contributed by atoms with Crippen LogP contribution in [0.4, 0.5) is 23.8 Å². The SMILES string of the molecule is CC(C)(C)N(C(=O)O)C1CCN(c2nc3cscc3nc2C(F)(F)F)CC1. The molecule has 6 nitrogen and oxygen atoms in total. The van der Waals surface area contributed by atoms with Crippen LogP contribution in [0.3, 0.4) is 0 Å². The lowest BCUT2D eigenvalue weighted by molar-refractivity contribution is -0.140. The Balaban J connectivity index is 1.87. The Hall–Kier alpha value is -2.10. The van der Waals surface area contributed by atoms with E-state index in [1.165, 1.54) is 16.2 Å². The first-order valence-electron chi connectivity index (χ1n) is 8.57. The van der Waals surface area contributed by atoms with Gasteiger partial charge >= 0.3 is 12.3 Å². The minimum absolute atomic E-state index is 0.176. The van der Waals surface area contributed by atoms with Gasteiger partial charge in [-0.25, -0.2) is 14.8 Å². The summed E-state index contributed by atoms with van der Waals surface area (Å²) in [4.78, 5) is 22.6. The van der Waals surface area contributed by atoms with Gasteiger partial charge in [-0.2, -0.15) is 13.2 Å². The molecule has 148 valence electrons. The third-order valence-electron chi connectivity index (χ3n) is 4.62.